The Balaban J connectivity index is 0.000000679. The number of halogens is 3. The number of amides is 2. The van der Waals surface area contributed by atoms with E-state index in [1.165, 1.54) is 59.1 Å². The van der Waals surface area contributed by atoms with Crippen LogP contribution in [0.3, 0.4) is 0 Å². The highest BCUT2D eigenvalue weighted by molar-refractivity contribution is 5.76. The lowest BCUT2D eigenvalue weighted by Gasteiger charge is -2.39. The van der Waals surface area contributed by atoms with E-state index in [1.807, 2.05) is 6.07 Å². The van der Waals surface area contributed by atoms with Crippen LogP contribution in [-0.2, 0) is 30.8 Å². The monoisotopic (exact) mass is 714 g/mol. The molecule has 2 amide bonds. The van der Waals surface area contributed by atoms with E-state index in [0.29, 0.717) is 19.1 Å². The lowest BCUT2D eigenvalue weighted by Crippen LogP contribution is -2.50. The molecule has 2 aliphatic rings. The molecule has 4 aromatic carbocycles. The Morgan fingerprint density at radius 2 is 1.37 bits per heavy atom. The van der Waals surface area contributed by atoms with Gasteiger partial charge >= 0.3 is 18.2 Å². The SMILES string of the molecule is O=C(NCCc1ccccc1)N(Cc1ccccc1-c1cccc(CNC2CCCC2)c1)C1CCN(Cc2ccccc2)CC1.O=C(O)C(F)(F)F. The van der Waals surface area contributed by atoms with Gasteiger partial charge in [-0.2, -0.15) is 13.2 Å². The fraction of sp³-hybridized carbons (Fsp3) is 0.381. The van der Waals surface area contributed by atoms with Gasteiger partial charge in [-0.3, -0.25) is 4.90 Å². The second-order valence-corrected chi connectivity index (χ2v) is 13.6. The minimum Gasteiger partial charge on any atom is -0.475 e. The van der Waals surface area contributed by atoms with Gasteiger partial charge in [0.05, 0.1) is 0 Å². The summed E-state index contributed by atoms with van der Waals surface area (Å²) in [6.07, 6.45) is 2.95. The fourth-order valence-electron chi connectivity index (χ4n) is 7.02. The molecule has 1 saturated carbocycles. The predicted octanol–water partition coefficient (Wildman–Crippen LogP) is 8.44. The summed E-state index contributed by atoms with van der Waals surface area (Å²) in [5, 5.41) is 14.2. The van der Waals surface area contributed by atoms with Crippen molar-refractivity contribution in [2.24, 2.45) is 0 Å². The summed E-state index contributed by atoms with van der Waals surface area (Å²) in [5.74, 6) is -2.76. The molecule has 6 rings (SSSR count). The number of carbonyl (C=O) groups is 2. The maximum atomic E-state index is 13.9. The van der Waals surface area contributed by atoms with Crippen LogP contribution in [0.25, 0.3) is 11.1 Å². The van der Waals surface area contributed by atoms with Crippen molar-refractivity contribution in [3.8, 4) is 11.1 Å². The smallest absolute Gasteiger partial charge is 0.475 e. The molecule has 1 aliphatic carbocycles. The van der Waals surface area contributed by atoms with Gasteiger partial charge in [0.25, 0.3) is 0 Å². The summed E-state index contributed by atoms with van der Waals surface area (Å²) in [6, 6.07) is 39.6. The number of carbonyl (C=O) groups excluding carboxylic acids is 1. The third kappa shape index (κ3) is 12.0. The second kappa shape index (κ2) is 19.2. The van der Waals surface area contributed by atoms with Crippen LogP contribution in [-0.4, -0.2) is 64.8 Å². The number of aliphatic carboxylic acids is 1. The van der Waals surface area contributed by atoms with Gasteiger partial charge in [-0.1, -0.05) is 116 Å². The van der Waals surface area contributed by atoms with Gasteiger partial charge < -0.3 is 20.6 Å². The normalized spacial score (nSPS) is 15.4. The third-order valence-electron chi connectivity index (χ3n) is 9.83. The van der Waals surface area contributed by atoms with Crippen molar-refractivity contribution < 1.29 is 27.9 Å². The molecule has 0 atom stereocenters. The van der Waals surface area contributed by atoms with Crippen LogP contribution >= 0.6 is 0 Å². The van der Waals surface area contributed by atoms with Crippen molar-refractivity contribution in [1.82, 2.24) is 20.4 Å². The highest BCUT2D eigenvalue weighted by atomic mass is 19.4. The molecule has 0 bridgehead atoms. The number of nitrogens with zero attached hydrogens (tertiary/aromatic N) is 2. The number of alkyl halides is 3. The first-order chi connectivity index (χ1) is 25.2. The lowest BCUT2D eigenvalue weighted by atomic mass is 9.96. The zero-order valence-electron chi connectivity index (χ0n) is 29.5. The quantitative estimate of drug-likeness (QED) is 0.137. The number of benzene rings is 4. The van der Waals surface area contributed by atoms with Gasteiger partial charge in [-0.15, -0.1) is 0 Å². The van der Waals surface area contributed by atoms with Gasteiger partial charge in [0.15, 0.2) is 0 Å². The first kappa shape index (κ1) is 38.6. The van der Waals surface area contributed by atoms with Crippen molar-refractivity contribution >= 4 is 12.0 Å². The molecule has 3 N–H and O–H groups in total. The molecule has 0 radical (unpaired) electrons. The average Bonchev–Trinajstić information content (AvgIpc) is 3.68. The largest absolute Gasteiger partial charge is 0.490 e. The van der Waals surface area contributed by atoms with E-state index in [2.05, 4.69) is 124 Å². The molecule has 10 heteroatoms. The van der Waals surface area contributed by atoms with E-state index in [4.69, 9.17) is 9.90 Å². The number of urea groups is 1. The van der Waals surface area contributed by atoms with Gasteiger partial charge in [-0.05, 0) is 71.6 Å². The predicted molar refractivity (Wildman–Crippen MR) is 198 cm³/mol. The first-order valence-electron chi connectivity index (χ1n) is 18.2. The lowest BCUT2D eigenvalue weighted by molar-refractivity contribution is -0.192. The van der Waals surface area contributed by atoms with Crippen molar-refractivity contribution in [1.29, 1.82) is 0 Å². The molecular weight excluding hydrogens is 665 g/mol. The van der Waals surface area contributed by atoms with Crippen molar-refractivity contribution in [2.75, 3.05) is 19.6 Å². The Hall–Kier alpha value is -4.67. The van der Waals surface area contributed by atoms with E-state index in [1.54, 1.807) is 0 Å². The standard InChI is InChI=1S/C40H48N4O.C2HF3O2/c45-40(41-25-22-32-12-3-1-4-13-32)44(38-23-26-43(27-24-38)30-33-14-5-2-6-15-33)31-36-17-7-10-21-39(36)35-18-11-16-34(28-35)29-42-37-19-8-9-20-37;3-2(4,5)1(6)7/h1-7,10-18,21,28,37-38,42H,8-9,19-20,22-27,29-31H2,(H,41,45);(H,6,7). The zero-order valence-corrected chi connectivity index (χ0v) is 29.5. The number of hydrogen-bond acceptors (Lipinski definition) is 4. The molecule has 276 valence electrons. The van der Waals surface area contributed by atoms with Crippen LogP contribution < -0.4 is 10.6 Å². The van der Waals surface area contributed by atoms with Crippen LogP contribution in [0.1, 0.15) is 60.8 Å². The second-order valence-electron chi connectivity index (χ2n) is 13.6. The molecule has 2 fully saturated rings. The summed E-state index contributed by atoms with van der Waals surface area (Å²) in [4.78, 5) is 27.5. The van der Waals surface area contributed by atoms with E-state index in [-0.39, 0.29) is 12.1 Å². The van der Waals surface area contributed by atoms with E-state index in [9.17, 15) is 18.0 Å². The maximum Gasteiger partial charge on any atom is 0.490 e. The number of carboxylic acid groups (broad SMARTS) is 1. The summed E-state index contributed by atoms with van der Waals surface area (Å²) < 4.78 is 31.7. The average molecular weight is 715 g/mol. The fourth-order valence-corrected chi connectivity index (χ4v) is 7.02. The molecule has 1 saturated heterocycles. The Morgan fingerprint density at radius 3 is 2.02 bits per heavy atom. The molecule has 0 spiro atoms. The summed E-state index contributed by atoms with van der Waals surface area (Å²) in [7, 11) is 0. The van der Waals surface area contributed by atoms with E-state index < -0.39 is 12.1 Å². The molecule has 0 unspecified atom stereocenters. The number of likely N-dealkylation sites (tertiary alicyclic amines) is 1. The summed E-state index contributed by atoms with van der Waals surface area (Å²) in [6.45, 7) is 5.07. The molecule has 1 heterocycles. The molecular formula is C42H49F3N4O3. The van der Waals surface area contributed by atoms with Crippen LogP contribution in [0.15, 0.2) is 109 Å². The van der Waals surface area contributed by atoms with Crippen LogP contribution in [0.4, 0.5) is 18.0 Å². The van der Waals surface area contributed by atoms with E-state index >= 15 is 0 Å². The highest BCUT2D eigenvalue weighted by Crippen LogP contribution is 2.29. The Morgan fingerprint density at radius 1 is 0.769 bits per heavy atom. The molecule has 7 nitrogen and oxygen atoms in total. The number of piperidine rings is 1. The molecule has 0 aromatic heterocycles. The first-order valence-corrected chi connectivity index (χ1v) is 18.2. The topological polar surface area (TPSA) is 84.9 Å². The van der Waals surface area contributed by atoms with E-state index in [0.717, 1.165) is 45.4 Å². The van der Waals surface area contributed by atoms with Crippen LogP contribution in [0, 0.1) is 0 Å². The van der Waals surface area contributed by atoms with Gasteiger partial charge in [0.1, 0.15) is 0 Å². The maximum absolute atomic E-state index is 13.9. The Kier molecular flexibility index (Phi) is 14.3. The third-order valence-corrected chi connectivity index (χ3v) is 9.83. The molecule has 1 aliphatic heterocycles. The molecule has 4 aromatic rings. The van der Waals surface area contributed by atoms with Crippen molar-refractivity contribution in [3.63, 3.8) is 0 Å². The van der Waals surface area contributed by atoms with Gasteiger partial charge in [0.2, 0.25) is 0 Å². The van der Waals surface area contributed by atoms with Crippen LogP contribution in [0.2, 0.25) is 0 Å². The molecule has 52 heavy (non-hydrogen) atoms. The van der Waals surface area contributed by atoms with Crippen molar-refractivity contribution in [3.05, 3.63) is 131 Å². The Bertz CT molecular complexity index is 1690. The number of nitrogens with one attached hydrogen (secondary N) is 2. The zero-order chi connectivity index (χ0) is 36.8. The number of hydrogen-bond donors (Lipinski definition) is 3. The minimum atomic E-state index is -5.08. The van der Waals surface area contributed by atoms with Gasteiger partial charge in [0, 0.05) is 51.4 Å². The number of carboxylic acids is 1. The van der Waals surface area contributed by atoms with Crippen LogP contribution in [0.5, 0.6) is 0 Å². The number of rotatable bonds is 12. The summed E-state index contributed by atoms with van der Waals surface area (Å²) >= 11 is 0. The minimum absolute atomic E-state index is 0.0387. The van der Waals surface area contributed by atoms with Crippen molar-refractivity contribution in [2.45, 2.75) is 82.8 Å². The Labute approximate surface area is 304 Å². The van der Waals surface area contributed by atoms with Gasteiger partial charge in [-0.25, -0.2) is 9.59 Å². The highest BCUT2D eigenvalue weighted by Gasteiger charge is 2.38. The summed E-state index contributed by atoms with van der Waals surface area (Å²) in [5.41, 5.74) is 7.54.